The topological polar surface area (TPSA) is 43.1 Å². The van der Waals surface area contributed by atoms with Crippen LogP contribution >= 0.6 is 0 Å². The Balaban J connectivity index is 2.47. The molecule has 0 radical (unpaired) electrons. The van der Waals surface area contributed by atoms with Gasteiger partial charge in [0.05, 0.1) is 0 Å². The van der Waals surface area contributed by atoms with Gasteiger partial charge >= 0.3 is 0 Å². The Morgan fingerprint density at radius 1 is 1.27 bits per heavy atom. The summed E-state index contributed by atoms with van der Waals surface area (Å²) < 4.78 is 0. The van der Waals surface area contributed by atoms with Gasteiger partial charge in [-0.05, 0) is 30.5 Å². The van der Waals surface area contributed by atoms with Crippen molar-refractivity contribution in [2.24, 2.45) is 5.73 Å². The molecule has 82 valence electrons. The summed E-state index contributed by atoms with van der Waals surface area (Å²) in [6, 6.07) is 7.61. The molecule has 1 amide bonds. The fourth-order valence-electron chi connectivity index (χ4n) is 1.64. The second kappa shape index (κ2) is 6.23. The van der Waals surface area contributed by atoms with Gasteiger partial charge in [-0.3, -0.25) is 4.79 Å². The van der Waals surface area contributed by atoms with E-state index in [0.717, 1.165) is 6.42 Å². The molecule has 0 saturated heterocycles. The molecule has 0 aliphatic rings. The van der Waals surface area contributed by atoms with E-state index in [2.05, 4.69) is 13.0 Å². The van der Waals surface area contributed by atoms with Gasteiger partial charge in [0.15, 0.2) is 0 Å². The maximum Gasteiger partial charge on any atom is 0.248 e. The highest BCUT2D eigenvalue weighted by molar-refractivity contribution is 5.92. The highest BCUT2D eigenvalue weighted by atomic mass is 16.1. The van der Waals surface area contributed by atoms with Crippen LogP contribution in [0.15, 0.2) is 24.3 Å². The Morgan fingerprint density at radius 3 is 2.73 bits per heavy atom. The lowest BCUT2D eigenvalue weighted by molar-refractivity contribution is 0.1000. The quantitative estimate of drug-likeness (QED) is 0.713. The molecule has 15 heavy (non-hydrogen) atoms. The molecule has 0 atom stereocenters. The highest BCUT2D eigenvalue weighted by Crippen LogP contribution is 2.10. The minimum Gasteiger partial charge on any atom is -0.366 e. The number of hydrogen-bond donors (Lipinski definition) is 1. The number of amides is 1. The zero-order chi connectivity index (χ0) is 11.1. The van der Waals surface area contributed by atoms with Crippen molar-refractivity contribution >= 4 is 5.91 Å². The summed E-state index contributed by atoms with van der Waals surface area (Å²) in [6.45, 7) is 2.20. The molecule has 0 saturated carbocycles. The van der Waals surface area contributed by atoms with Crippen molar-refractivity contribution in [2.75, 3.05) is 0 Å². The van der Waals surface area contributed by atoms with Gasteiger partial charge in [-0.15, -0.1) is 0 Å². The summed E-state index contributed by atoms with van der Waals surface area (Å²) in [6.07, 6.45) is 6.03. The van der Waals surface area contributed by atoms with Gasteiger partial charge in [0.2, 0.25) is 5.91 Å². The minimum absolute atomic E-state index is 0.342. The molecule has 2 heteroatoms. The molecule has 1 aromatic rings. The lowest BCUT2D eigenvalue weighted by atomic mass is 10.0. The minimum atomic E-state index is -0.342. The van der Waals surface area contributed by atoms with E-state index in [1.165, 1.54) is 31.2 Å². The fourth-order valence-corrected chi connectivity index (χ4v) is 1.64. The maximum absolute atomic E-state index is 11.0. The molecule has 0 bridgehead atoms. The first-order valence-corrected chi connectivity index (χ1v) is 5.62. The molecule has 0 aliphatic heterocycles. The number of nitrogens with two attached hydrogens (primary N) is 1. The largest absolute Gasteiger partial charge is 0.366 e. The molecule has 1 rings (SSSR count). The zero-order valence-electron chi connectivity index (χ0n) is 9.33. The molecule has 0 spiro atoms. The van der Waals surface area contributed by atoms with Crippen LogP contribution in [-0.4, -0.2) is 5.91 Å². The molecule has 0 aliphatic carbocycles. The summed E-state index contributed by atoms with van der Waals surface area (Å²) in [5, 5.41) is 0. The third-order valence-corrected chi connectivity index (χ3v) is 2.53. The molecule has 1 aromatic carbocycles. The van der Waals surface area contributed by atoms with E-state index >= 15 is 0 Å². The second-order valence-electron chi connectivity index (χ2n) is 3.88. The number of carbonyl (C=O) groups excluding carboxylic acids is 1. The van der Waals surface area contributed by atoms with E-state index in [1.54, 1.807) is 6.07 Å². The third-order valence-electron chi connectivity index (χ3n) is 2.53. The van der Waals surface area contributed by atoms with Crippen LogP contribution in [0, 0.1) is 0 Å². The van der Waals surface area contributed by atoms with Crippen molar-refractivity contribution in [3.8, 4) is 0 Å². The van der Waals surface area contributed by atoms with E-state index in [1.807, 2.05) is 12.1 Å². The molecule has 0 fully saturated rings. The summed E-state index contributed by atoms with van der Waals surface area (Å²) in [5.41, 5.74) is 7.04. The smallest absolute Gasteiger partial charge is 0.248 e. The first kappa shape index (κ1) is 11.8. The monoisotopic (exact) mass is 205 g/mol. The van der Waals surface area contributed by atoms with E-state index in [-0.39, 0.29) is 5.91 Å². The second-order valence-corrected chi connectivity index (χ2v) is 3.88. The van der Waals surface area contributed by atoms with Crippen molar-refractivity contribution < 1.29 is 4.79 Å². The standard InChI is InChI=1S/C13H19NO/c1-2-3-4-5-7-11-8-6-9-12(10-11)13(14)15/h6,8-10H,2-5,7H2,1H3,(H2,14,15). The molecule has 2 N–H and O–H groups in total. The molecular weight excluding hydrogens is 186 g/mol. The first-order valence-electron chi connectivity index (χ1n) is 5.62. The van der Waals surface area contributed by atoms with Crippen molar-refractivity contribution in [3.63, 3.8) is 0 Å². The van der Waals surface area contributed by atoms with Crippen molar-refractivity contribution in [1.82, 2.24) is 0 Å². The Hall–Kier alpha value is -1.31. The van der Waals surface area contributed by atoms with E-state index < -0.39 is 0 Å². The van der Waals surface area contributed by atoms with Crippen molar-refractivity contribution in [3.05, 3.63) is 35.4 Å². The molecule has 2 nitrogen and oxygen atoms in total. The molecule has 0 aromatic heterocycles. The van der Waals surface area contributed by atoms with Crippen LogP contribution in [0.3, 0.4) is 0 Å². The lowest BCUT2D eigenvalue weighted by Crippen LogP contribution is -2.10. The van der Waals surface area contributed by atoms with Gasteiger partial charge in [0, 0.05) is 5.56 Å². The molecular formula is C13H19NO. The average molecular weight is 205 g/mol. The number of carbonyl (C=O) groups is 1. The zero-order valence-corrected chi connectivity index (χ0v) is 9.33. The molecule has 0 unspecified atom stereocenters. The number of hydrogen-bond acceptors (Lipinski definition) is 1. The number of rotatable bonds is 6. The SMILES string of the molecule is CCCCCCc1cccc(C(N)=O)c1. The summed E-state index contributed by atoms with van der Waals surface area (Å²) in [4.78, 5) is 11.0. The Labute approximate surface area is 91.5 Å². The summed E-state index contributed by atoms with van der Waals surface area (Å²) >= 11 is 0. The number of aryl methyl sites for hydroxylation is 1. The predicted molar refractivity (Wildman–Crippen MR) is 62.8 cm³/mol. The first-order chi connectivity index (χ1) is 7.24. The Morgan fingerprint density at radius 2 is 2.07 bits per heavy atom. The Bertz CT molecular complexity index is 320. The van der Waals surface area contributed by atoms with Gasteiger partial charge in [0.25, 0.3) is 0 Å². The van der Waals surface area contributed by atoms with Gasteiger partial charge in [-0.2, -0.15) is 0 Å². The van der Waals surface area contributed by atoms with Crippen LogP contribution in [0.4, 0.5) is 0 Å². The Kier molecular flexibility index (Phi) is 4.88. The number of primary amides is 1. The maximum atomic E-state index is 11.0. The van der Waals surface area contributed by atoms with Gasteiger partial charge < -0.3 is 5.73 Å². The molecule has 0 heterocycles. The van der Waals surface area contributed by atoms with Crippen LogP contribution in [0.1, 0.15) is 48.5 Å². The van der Waals surface area contributed by atoms with E-state index in [4.69, 9.17) is 5.73 Å². The van der Waals surface area contributed by atoms with Crippen molar-refractivity contribution in [1.29, 1.82) is 0 Å². The van der Waals surface area contributed by atoms with Crippen molar-refractivity contribution in [2.45, 2.75) is 39.0 Å². The average Bonchev–Trinajstić information content (AvgIpc) is 2.25. The fraction of sp³-hybridized carbons (Fsp3) is 0.462. The van der Waals surface area contributed by atoms with E-state index in [0.29, 0.717) is 5.56 Å². The van der Waals surface area contributed by atoms with E-state index in [9.17, 15) is 4.79 Å². The highest BCUT2D eigenvalue weighted by Gasteiger charge is 2.00. The predicted octanol–water partition coefficient (Wildman–Crippen LogP) is 2.91. The van der Waals surface area contributed by atoms with Crippen LogP contribution < -0.4 is 5.73 Å². The number of benzene rings is 1. The summed E-state index contributed by atoms with van der Waals surface area (Å²) in [5.74, 6) is -0.342. The third kappa shape index (κ3) is 4.15. The van der Waals surface area contributed by atoms with Crippen LogP contribution in [0.5, 0.6) is 0 Å². The van der Waals surface area contributed by atoms with Gasteiger partial charge in [-0.1, -0.05) is 38.3 Å². The van der Waals surface area contributed by atoms with Gasteiger partial charge in [-0.25, -0.2) is 0 Å². The normalized spacial score (nSPS) is 10.2. The van der Waals surface area contributed by atoms with Crippen LogP contribution in [-0.2, 0) is 6.42 Å². The summed E-state index contributed by atoms with van der Waals surface area (Å²) in [7, 11) is 0. The number of unbranched alkanes of at least 4 members (excludes halogenated alkanes) is 3. The van der Waals surface area contributed by atoms with Crippen LogP contribution in [0.25, 0.3) is 0 Å². The lowest BCUT2D eigenvalue weighted by Gasteiger charge is -2.02. The van der Waals surface area contributed by atoms with Crippen LogP contribution in [0.2, 0.25) is 0 Å². The van der Waals surface area contributed by atoms with Gasteiger partial charge in [0.1, 0.15) is 0 Å².